The third-order valence-corrected chi connectivity index (χ3v) is 1.83. The fourth-order valence-corrected chi connectivity index (χ4v) is 1.18. The molecular formula is C9H10N4O2. The van der Waals surface area contributed by atoms with Crippen LogP contribution < -0.4 is 10.9 Å². The number of nitrogens with zero attached hydrogens (tertiary/aromatic N) is 2. The Morgan fingerprint density at radius 2 is 2.47 bits per heavy atom. The minimum Gasteiger partial charge on any atom is -0.334 e. The molecule has 2 rings (SSSR count). The zero-order chi connectivity index (χ0) is 10.7. The molecule has 0 aromatic carbocycles. The van der Waals surface area contributed by atoms with Gasteiger partial charge in [0, 0.05) is 17.8 Å². The molecule has 0 aliphatic heterocycles. The summed E-state index contributed by atoms with van der Waals surface area (Å²) < 4.78 is 5.00. The second-order valence-corrected chi connectivity index (χ2v) is 2.99. The van der Waals surface area contributed by atoms with Gasteiger partial charge in [0.25, 0.3) is 5.89 Å². The lowest BCUT2D eigenvalue weighted by molar-refractivity contribution is 0.420. The Hall–Kier alpha value is -1.95. The van der Waals surface area contributed by atoms with Crippen LogP contribution in [0.2, 0.25) is 0 Å². The van der Waals surface area contributed by atoms with E-state index < -0.39 is 0 Å². The first-order chi connectivity index (χ1) is 7.29. The summed E-state index contributed by atoms with van der Waals surface area (Å²) in [5.74, 6) is 0.916. The first kappa shape index (κ1) is 9.60. The van der Waals surface area contributed by atoms with Crippen LogP contribution in [-0.2, 0) is 6.54 Å². The van der Waals surface area contributed by atoms with Gasteiger partial charge in [-0.3, -0.25) is 4.79 Å². The van der Waals surface area contributed by atoms with Gasteiger partial charge in [-0.25, -0.2) is 0 Å². The van der Waals surface area contributed by atoms with Gasteiger partial charge in [0.2, 0.25) is 5.56 Å². The van der Waals surface area contributed by atoms with E-state index in [0.29, 0.717) is 23.8 Å². The summed E-state index contributed by atoms with van der Waals surface area (Å²) in [5, 5.41) is 6.66. The van der Waals surface area contributed by atoms with Crippen LogP contribution in [0.5, 0.6) is 0 Å². The number of rotatable bonds is 3. The van der Waals surface area contributed by atoms with E-state index in [1.807, 2.05) is 0 Å². The van der Waals surface area contributed by atoms with Crippen molar-refractivity contribution in [1.29, 1.82) is 0 Å². The number of H-pyrrole nitrogens is 1. The lowest BCUT2D eigenvalue weighted by atomic mass is 10.3. The van der Waals surface area contributed by atoms with Crippen LogP contribution in [0.25, 0.3) is 11.5 Å². The fourth-order valence-electron chi connectivity index (χ4n) is 1.18. The molecule has 15 heavy (non-hydrogen) atoms. The van der Waals surface area contributed by atoms with Gasteiger partial charge in [-0.15, -0.1) is 0 Å². The predicted molar refractivity (Wildman–Crippen MR) is 53.1 cm³/mol. The largest absolute Gasteiger partial charge is 0.334 e. The summed E-state index contributed by atoms with van der Waals surface area (Å²) in [7, 11) is 1.79. The summed E-state index contributed by atoms with van der Waals surface area (Å²) in [6.45, 7) is 0.534. The van der Waals surface area contributed by atoms with Gasteiger partial charge in [-0.2, -0.15) is 4.98 Å². The first-order valence-corrected chi connectivity index (χ1v) is 4.46. The van der Waals surface area contributed by atoms with E-state index in [1.165, 1.54) is 6.07 Å². The molecule has 0 saturated heterocycles. The van der Waals surface area contributed by atoms with Gasteiger partial charge >= 0.3 is 0 Å². The van der Waals surface area contributed by atoms with Crippen LogP contribution in [0.3, 0.4) is 0 Å². The van der Waals surface area contributed by atoms with Gasteiger partial charge < -0.3 is 14.8 Å². The number of hydrogen-bond donors (Lipinski definition) is 2. The molecule has 0 unspecified atom stereocenters. The Morgan fingerprint density at radius 1 is 1.60 bits per heavy atom. The Bertz CT molecular complexity index is 503. The standard InChI is InChI=1S/C9H10N4O2/c1-10-5-7-12-9(15-13-7)6-2-3-11-8(14)4-6/h2-4,10H,5H2,1H3,(H,11,14). The molecule has 6 heteroatoms. The van der Waals surface area contributed by atoms with Gasteiger partial charge in [0.05, 0.1) is 6.54 Å². The molecule has 0 aliphatic rings. The van der Waals surface area contributed by atoms with Crippen molar-refractivity contribution in [3.8, 4) is 11.5 Å². The molecule has 0 radical (unpaired) electrons. The second-order valence-electron chi connectivity index (χ2n) is 2.99. The van der Waals surface area contributed by atoms with Crippen molar-refractivity contribution in [1.82, 2.24) is 20.4 Å². The predicted octanol–water partition coefficient (Wildman–Crippen LogP) is 0.144. The van der Waals surface area contributed by atoms with E-state index in [-0.39, 0.29) is 5.56 Å². The van der Waals surface area contributed by atoms with Crippen LogP contribution in [-0.4, -0.2) is 22.2 Å². The molecule has 0 atom stereocenters. The van der Waals surface area contributed by atoms with Crippen LogP contribution >= 0.6 is 0 Å². The first-order valence-electron chi connectivity index (χ1n) is 4.46. The average molecular weight is 206 g/mol. The monoisotopic (exact) mass is 206 g/mol. The van der Waals surface area contributed by atoms with Gasteiger partial charge in [0.15, 0.2) is 5.82 Å². The molecule has 2 heterocycles. The minimum atomic E-state index is -0.194. The highest BCUT2D eigenvalue weighted by Gasteiger charge is 2.07. The molecule has 78 valence electrons. The second kappa shape index (κ2) is 4.05. The topological polar surface area (TPSA) is 83.8 Å². The number of aromatic nitrogens is 3. The molecule has 2 aromatic heterocycles. The maximum atomic E-state index is 11.0. The molecular weight excluding hydrogens is 196 g/mol. The van der Waals surface area contributed by atoms with Crippen LogP contribution in [0.15, 0.2) is 27.6 Å². The van der Waals surface area contributed by atoms with Crippen molar-refractivity contribution < 1.29 is 4.52 Å². The molecule has 2 N–H and O–H groups in total. The van der Waals surface area contributed by atoms with Crippen molar-refractivity contribution in [2.45, 2.75) is 6.54 Å². The van der Waals surface area contributed by atoms with Crippen molar-refractivity contribution >= 4 is 0 Å². The Morgan fingerprint density at radius 3 is 3.20 bits per heavy atom. The normalized spacial score (nSPS) is 10.5. The van der Waals surface area contributed by atoms with E-state index in [2.05, 4.69) is 20.4 Å². The number of hydrogen-bond acceptors (Lipinski definition) is 5. The summed E-state index contributed by atoms with van der Waals surface area (Å²) in [6.07, 6.45) is 1.54. The SMILES string of the molecule is CNCc1noc(-c2cc[nH]c(=O)c2)n1. The van der Waals surface area contributed by atoms with Crippen molar-refractivity contribution in [2.24, 2.45) is 0 Å². The highest BCUT2D eigenvalue weighted by atomic mass is 16.5. The van der Waals surface area contributed by atoms with Crippen LogP contribution in [0.4, 0.5) is 0 Å². The van der Waals surface area contributed by atoms with Gasteiger partial charge in [-0.05, 0) is 13.1 Å². The third-order valence-electron chi connectivity index (χ3n) is 1.83. The zero-order valence-electron chi connectivity index (χ0n) is 8.15. The average Bonchev–Trinajstić information content (AvgIpc) is 2.67. The lowest BCUT2D eigenvalue weighted by Gasteiger charge is -1.90. The number of nitrogens with one attached hydrogen (secondary N) is 2. The number of pyridine rings is 1. The quantitative estimate of drug-likeness (QED) is 0.746. The fraction of sp³-hybridized carbons (Fsp3) is 0.222. The molecule has 0 aliphatic carbocycles. The lowest BCUT2D eigenvalue weighted by Crippen LogP contribution is -2.06. The molecule has 0 amide bonds. The third kappa shape index (κ3) is 2.10. The smallest absolute Gasteiger partial charge is 0.258 e. The highest BCUT2D eigenvalue weighted by molar-refractivity contribution is 5.50. The van der Waals surface area contributed by atoms with Gasteiger partial charge in [0.1, 0.15) is 0 Å². The van der Waals surface area contributed by atoms with Crippen molar-refractivity contribution in [3.05, 3.63) is 34.5 Å². The minimum absolute atomic E-state index is 0.194. The van der Waals surface area contributed by atoms with E-state index in [0.717, 1.165) is 0 Å². The van der Waals surface area contributed by atoms with Crippen LogP contribution in [0, 0.1) is 0 Å². The molecule has 6 nitrogen and oxygen atoms in total. The van der Waals surface area contributed by atoms with Crippen LogP contribution in [0.1, 0.15) is 5.82 Å². The number of aromatic amines is 1. The van der Waals surface area contributed by atoms with E-state index in [4.69, 9.17) is 4.52 Å². The molecule has 0 saturated carbocycles. The maximum Gasteiger partial charge on any atom is 0.258 e. The van der Waals surface area contributed by atoms with Crippen molar-refractivity contribution in [2.75, 3.05) is 7.05 Å². The van der Waals surface area contributed by atoms with E-state index >= 15 is 0 Å². The molecule has 0 fully saturated rings. The summed E-state index contributed by atoms with van der Waals surface area (Å²) in [5.41, 5.74) is 0.425. The molecule has 2 aromatic rings. The summed E-state index contributed by atoms with van der Waals surface area (Å²) in [6, 6.07) is 3.12. The molecule has 0 spiro atoms. The Kier molecular flexibility index (Phi) is 2.59. The van der Waals surface area contributed by atoms with E-state index in [1.54, 1.807) is 19.3 Å². The van der Waals surface area contributed by atoms with Crippen molar-refractivity contribution in [3.63, 3.8) is 0 Å². The zero-order valence-corrected chi connectivity index (χ0v) is 8.15. The maximum absolute atomic E-state index is 11.0. The summed E-state index contributed by atoms with van der Waals surface area (Å²) >= 11 is 0. The Labute approximate surface area is 85.3 Å². The van der Waals surface area contributed by atoms with Gasteiger partial charge in [-0.1, -0.05) is 5.16 Å². The highest BCUT2D eigenvalue weighted by Crippen LogP contribution is 2.13. The van der Waals surface area contributed by atoms with E-state index in [9.17, 15) is 4.79 Å². The summed E-state index contributed by atoms with van der Waals surface area (Å²) in [4.78, 5) is 17.7. The Balaban J connectivity index is 2.33. The molecule has 0 bridgehead atoms.